The van der Waals surface area contributed by atoms with Gasteiger partial charge in [0.05, 0.1) is 26.9 Å². The van der Waals surface area contributed by atoms with Gasteiger partial charge in [-0.3, -0.25) is 4.79 Å². The van der Waals surface area contributed by atoms with Crippen LogP contribution < -0.4 is 28.4 Å². The van der Waals surface area contributed by atoms with Gasteiger partial charge in [0.1, 0.15) is 29.4 Å². The van der Waals surface area contributed by atoms with Crippen molar-refractivity contribution in [2.75, 3.05) is 27.9 Å². The summed E-state index contributed by atoms with van der Waals surface area (Å²) in [6, 6.07) is 16.0. The average molecular weight is 647 g/mol. The van der Waals surface area contributed by atoms with Crippen molar-refractivity contribution in [1.29, 1.82) is 0 Å². The Balaban J connectivity index is 1.30. The molecule has 244 valence electrons. The number of methoxy groups -OCH3 is 3. The van der Waals surface area contributed by atoms with Gasteiger partial charge in [-0.05, 0) is 48.0 Å². The van der Waals surface area contributed by atoms with E-state index < -0.39 is 41.9 Å². The van der Waals surface area contributed by atoms with Gasteiger partial charge in [-0.2, -0.15) is 0 Å². The van der Waals surface area contributed by atoms with E-state index in [1.54, 1.807) is 30.3 Å². The van der Waals surface area contributed by atoms with Crippen LogP contribution in [0, 0.1) is 0 Å². The highest BCUT2D eigenvalue weighted by Crippen LogP contribution is 2.46. The largest absolute Gasteiger partial charge is 0.508 e. The molecule has 6 rings (SSSR count). The molecule has 4 N–H and O–H groups in total. The summed E-state index contributed by atoms with van der Waals surface area (Å²) < 4.78 is 39.9. The van der Waals surface area contributed by atoms with Gasteiger partial charge >= 0.3 is 5.97 Å². The number of phenols is 3. The molecule has 0 radical (unpaired) electrons. The first-order chi connectivity index (χ1) is 22.6. The van der Waals surface area contributed by atoms with Crippen LogP contribution in [-0.4, -0.2) is 72.3 Å². The molecule has 0 aliphatic carbocycles. The van der Waals surface area contributed by atoms with Crippen molar-refractivity contribution in [1.82, 2.24) is 0 Å². The van der Waals surface area contributed by atoms with Crippen molar-refractivity contribution in [3.8, 4) is 51.7 Å². The van der Waals surface area contributed by atoms with Crippen molar-refractivity contribution in [3.05, 3.63) is 89.0 Å². The molecule has 2 unspecified atom stereocenters. The predicted molar refractivity (Wildman–Crippen MR) is 162 cm³/mol. The second-order valence-corrected chi connectivity index (χ2v) is 10.7. The first kappa shape index (κ1) is 31.2. The molecule has 13 nitrogen and oxygen atoms in total. The number of carbonyl (C=O) groups is 2. The number of rotatable bonds is 8. The number of ketones is 1. The van der Waals surface area contributed by atoms with Gasteiger partial charge in [-0.15, -0.1) is 0 Å². The van der Waals surface area contributed by atoms with Crippen LogP contribution in [0.25, 0.3) is 0 Å². The molecule has 47 heavy (non-hydrogen) atoms. The third kappa shape index (κ3) is 5.84. The molecule has 0 saturated carbocycles. The summed E-state index contributed by atoms with van der Waals surface area (Å²) in [6.45, 7) is -0.245. The molecule has 2 aliphatic heterocycles. The van der Waals surface area contributed by atoms with Crippen LogP contribution in [0.5, 0.6) is 51.7 Å². The molecule has 0 aromatic heterocycles. The summed E-state index contributed by atoms with van der Waals surface area (Å²) in [6.07, 6.45) is -4.65. The molecule has 2 heterocycles. The number of Topliss-reactive ketones (excluding diaryl/α,β-unsaturated/α-hetero) is 1. The lowest BCUT2D eigenvalue weighted by atomic mass is 9.92. The lowest BCUT2D eigenvalue weighted by molar-refractivity contribution is -0.0259. The van der Waals surface area contributed by atoms with Gasteiger partial charge in [0.25, 0.3) is 0 Å². The fourth-order valence-electron chi connectivity index (χ4n) is 5.47. The number of phenolic OH excluding ortho intramolecular Hbond substituents is 3. The van der Waals surface area contributed by atoms with Gasteiger partial charge < -0.3 is 53.6 Å². The van der Waals surface area contributed by atoms with E-state index in [4.69, 9.17) is 33.2 Å². The Morgan fingerprint density at radius 1 is 0.702 bits per heavy atom. The standard InChI is InChI=1S/C34H30O13/c1-41-22-8-6-18(12-25(22)43-3)34(40)44-15-28-32(16-4-7-20(36)24(10-16)42-2)46-26-11-17(5-9-23(26)45-28)33-31(39)30(38)29-21(37)13-19(35)14-27(29)47-33/h4-14,28,31-33,35-37,39H,15H2,1-3H3/t28?,31-,32?,33+/m0/s1. The lowest BCUT2D eigenvalue weighted by Crippen LogP contribution is -2.38. The molecule has 0 fully saturated rings. The smallest absolute Gasteiger partial charge is 0.338 e. The Bertz CT molecular complexity index is 1850. The molecule has 0 amide bonds. The minimum atomic E-state index is -1.68. The number of carbonyl (C=O) groups excluding carboxylic acids is 2. The molecular weight excluding hydrogens is 616 g/mol. The third-order valence-electron chi connectivity index (χ3n) is 7.82. The number of hydrogen-bond donors (Lipinski definition) is 4. The number of benzene rings is 4. The Morgan fingerprint density at radius 2 is 1.40 bits per heavy atom. The maximum Gasteiger partial charge on any atom is 0.338 e. The SMILES string of the molecule is COc1cc(C2Oc3cc([C@H]4Oc5cc(O)cc(O)c5C(=O)[C@@H]4O)ccc3OC2COC(=O)c2ccc(OC)c(OC)c2)ccc1O. The number of fused-ring (bicyclic) bond motifs is 2. The summed E-state index contributed by atoms with van der Waals surface area (Å²) in [7, 11) is 4.33. The maximum atomic E-state index is 13.0. The number of aliphatic hydroxyl groups is 1. The fourth-order valence-corrected chi connectivity index (χ4v) is 5.47. The quantitative estimate of drug-likeness (QED) is 0.200. The van der Waals surface area contributed by atoms with Crippen LogP contribution in [0.1, 0.15) is 44.1 Å². The molecule has 0 bridgehead atoms. The molecule has 4 atom stereocenters. The molecular formula is C34H30O13. The lowest BCUT2D eigenvalue weighted by Gasteiger charge is -2.35. The van der Waals surface area contributed by atoms with Crippen LogP contribution in [-0.2, 0) is 4.74 Å². The summed E-state index contributed by atoms with van der Waals surface area (Å²) in [5, 5.41) is 41.1. The second kappa shape index (κ2) is 12.5. The summed E-state index contributed by atoms with van der Waals surface area (Å²) in [4.78, 5) is 26.0. The topological polar surface area (TPSA) is 180 Å². The van der Waals surface area contributed by atoms with E-state index in [0.29, 0.717) is 22.6 Å². The molecule has 4 aromatic rings. The Kier molecular flexibility index (Phi) is 8.31. The van der Waals surface area contributed by atoms with E-state index in [2.05, 4.69) is 0 Å². The zero-order valence-corrected chi connectivity index (χ0v) is 25.3. The Labute approximate surface area is 268 Å². The molecule has 0 saturated heterocycles. The van der Waals surface area contributed by atoms with Gasteiger partial charge in [-0.1, -0.05) is 12.1 Å². The normalized spacial score (nSPS) is 19.6. The van der Waals surface area contributed by atoms with Crippen LogP contribution in [0.15, 0.2) is 66.7 Å². The van der Waals surface area contributed by atoms with Gasteiger partial charge in [0.15, 0.2) is 58.9 Å². The van der Waals surface area contributed by atoms with Gasteiger partial charge in [0.2, 0.25) is 5.78 Å². The number of esters is 1. The summed E-state index contributed by atoms with van der Waals surface area (Å²) in [5.41, 5.74) is 0.834. The van der Waals surface area contributed by atoms with Crippen molar-refractivity contribution in [2.24, 2.45) is 0 Å². The predicted octanol–water partition coefficient (Wildman–Crippen LogP) is 4.24. The molecule has 4 aromatic carbocycles. The van der Waals surface area contributed by atoms with Crippen molar-refractivity contribution in [2.45, 2.75) is 24.4 Å². The van der Waals surface area contributed by atoms with E-state index in [-0.39, 0.29) is 52.2 Å². The Morgan fingerprint density at radius 3 is 2.15 bits per heavy atom. The highest BCUT2D eigenvalue weighted by atomic mass is 16.6. The minimum Gasteiger partial charge on any atom is -0.508 e. The number of hydrogen-bond acceptors (Lipinski definition) is 13. The van der Waals surface area contributed by atoms with E-state index in [1.165, 1.54) is 51.7 Å². The first-order valence-electron chi connectivity index (χ1n) is 14.3. The molecule has 0 spiro atoms. The molecule has 13 heteroatoms. The van der Waals surface area contributed by atoms with Gasteiger partial charge in [0, 0.05) is 17.7 Å². The average Bonchev–Trinajstić information content (AvgIpc) is 3.07. The monoisotopic (exact) mass is 646 g/mol. The number of aliphatic hydroxyl groups excluding tert-OH is 1. The second-order valence-electron chi connectivity index (χ2n) is 10.7. The van der Waals surface area contributed by atoms with E-state index in [9.17, 15) is 30.0 Å². The maximum absolute atomic E-state index is 13.0. The zero-order valence-electron chi connectivity index (χ0n) is 25.3. The van der Waals surface area contributed by atoms with E-state index in [1.807, 2.05) is 0 Å². The zero-order chi connectivity index (χ0) is 33.4. The van der Waals surface area contributed by atoms with Crippen molar-refractivity contribution >= 4 is 11.8 Å². The highest BCUT2D eigenvalue weighted by Gasteiger charge is 2.41. The van der Waals surface area contributed by atoms with Crippen LogP contribution in [0.2, 0.25) is 0 Å². The third-order valence-corrected chi connectivity index (χ3v) is 7.82. The van der Waals surface area contributed by atoms with E-state index >= 15 is 0 Å². The van der Waals surface area contributed by atoms with Gasteiger partial charge in [-0.25, -0.2) is 4.79 Å². The van der Waals surface area contributed by atoms with Crippen molar-refractivity contribution < 1.29 is 63.2 Å². The van der Waals surface area contributed by atoms with E-state index in [0.717, 1.165) is 6.07 Å². The first-order valence-corrected chi connectivity index (χ1v) is 14.3. The summed E-state index contributed by atoms with van der Waals surface area (Å²) >= 11 is 0. The van der Waals surface area contributed by atoms with Crippen LogP contribution in [0.3, 0.4) is 0 Å². The highest BCUT2D eigenvalue weighted by molar-refractivity contribution is 6.05. The van der Waals surface area contributed by atoms with Crippen molar-refractivity contribution in [3.63, 3.8) is 0 Å². The Hall–Kier alpha value is -5.82. The minimum absolute atomic E-state index is 0.0943. The number of ether oxygens (including phenoxy) is 7. The van der Waals surface area contributed by atoms with Crippen LogP contribution >= 0.6 is 0 Å². The number of aromatic hydroxyl groups is 3. The molecule has 2 aliphatic rings. The fraction of sp³-hybridized carbons (Fsp3) is 0.235. The summed E-state index contributed by atoms with van der Waals surface area (Å²) in [5.74, 6) is -1.01. The van der Waals surface area contributed by atoms with Crippen LogP contribution in [0.4, 0.5) is 0 Å².